The maximum absolute atomic E-state index is 14.8. The second-order valence-corrected chi connectivity index (χ2v) is 11.2. The highest BCUT2D eigenvalue weighted by Crippen LogP contribution is 2.39. The molecular formula is C33H43F3O. The predicted octanol–water partition coefficient (Wildman–Crippen LogP) is 10.1. The van der Waals surface area contributed by atoms with Gasteiger partial charge in [-0.1, -0.05) is 62.2 Å². The van der Waals surface area contributed by atoms with Gasteiger partial charge in [0.25, 0.3) is 0 Å². The first-order valence-corrected chi connectivity index (χ1v) is 14.4. The third-order valence-electron chi connectivity index (χ3n) is 8.68. The summed E-state index contributed by atoms with van der Waals surface area (Å²) in [5, 5.41) is 0. The summed E-state index contributed by atoms with van der Waals surface area (Å²) in [5.74, 6) is 1.41. The van der Waals surface area contributed by atoms with E-state index in [1.165, 1.54) is 56.2 Å². The van der Waals surface area contributed by atoms with Crippen molar-refractivity contribution in [2.45, 2.75) is 102 Å². The van der Waals surface area contributed by atoms with Crippen LogP contribution in [0, 0.1) is 17.7 Å². The Hall–Kier alpha value is -2.07. The van der Waals surface area contributed by atoms with E-state index in [0.29, 0.717) is 18.3 Å². The first-order chi connectivity index (χ1) is 17.9. The fraction of sp³-hybridized carbons (Fsp3) is 0.576. The fourth-order valence-corrected chi connectivity index (χ4v) is 6.46. The third-order valence-corrected chi connectivity index (χ3v) is 8.68. The lowest BCUT2D eigenvalue weighted by Gasteiger charge is -2.28. The van der Waals surface area contributed by atoms with Crippen LogP contribution in [-0.2, 0) is 17.3 Å². The Morgan fingerprint density at radius 3 is 2.11 bits per heavy atom. The van der Waals surface area contributed by atoms with Crippen LogP contribution in [0.3, 0.4) is 0 Å². The lowest BCUT2D eigenvalue weighted by atomic mass is 9.77. The molecule has 0 amide bonds. The molecule has 0 heterocycles. The van der Waals surface area contributed by atoms with E-state index in [4.69, 9.17) is 4.74 Å². The van der Waals surface area contributed by atoms with Gasteiger partial charge >= 0.3 is 6.11 Å². The van der Waals surface area contributed by atoms with Crippen LogP contribution in [0.1, 0.15) is 112 Å². The first-order valence-electron chi connectivity index (χ1n) is 14.4. The Balaban J connectivity index is 1.27. The number of ether oxygens (including phenoxy) is 1. The smallest absolute Gasteiger partial charge is 0.316 e. The quantitative estimate of drug-likeness (QED) is 0.288. The van der Waals surface area contributed by atoms with Gasteiger partial charge < -0.3 is 4.74 Å². The Bertz CT molecular complexity index is 997. The summed E-state index contributed by atoms with van der Waals surface area (Å²) in [6.07, 6.45) is 12.7. The highest BCUT2D eigenvalue weighted by Gasteiger charge is 2.36. The van der Waals surface area contributed by atoms with Crippen LogP contribution in [-0.4, -0.2) is 6.61 Å². The van der Waals surface area contributed by atoms with Gasteiger partial charge in [0.15, 0.2) is 0 Å². The molecule has 202 valence electrons. The van der Waals surface area contributed by atoms with Gasteiger partial charge in [-0.15, -0.1) is 0 Å². The van der Waals surface area contributed by atoms with E-state index in [2.05, 4.69) is 31.2 Å². The molecule has 2 aliphatic carbocycles. The van der Waals surface area contributed by atoms with Gasteiger partial charge in [-0.3, -0.25) is 0 Å². The molecule has 4 heteroatoms. The van der Waals surface area contributed by atoms with Crippen molar-refractivity contribution >= 4 is 0 Å². The number of allylic oxidation sites excluding steroid dienone is 2. The summed E-state index contributed by atoms with van der Waals surface area (Å²) < 4.78 is 49.2. The summed E-state index contributed by atoms with van der Waals surface area (Å²) in [6, 6.07) is 12.5. The minimum Gasteiger partial charge on any atom is -0.316 e. The van der Waals surface area contributed by atoms with Crippen molar-refractivity contribution in [1.82, 2.24) is 0 Å². The molecule has 1 nitrogen and oxygen atoms in total. The number of rotatable bonds is 10. The first kappa shape index (κ1) is 28.0. The van der Waals surface area contributed by atoms with Crippen LogP contribution < -0.4 is 0 Å². The zero-order chi connectivity index (χ0) is 26.3. The van der Waals surface area contributed by atoms with E-state index in [0.717, 1.165) is 42.7 Å². The second kappa shape index (κ2) is 13.1. The molecule has 0 spiro atoms. The van der Waals surface area contributed by atoms with Gasteiger partial charge in [0.05, 0.1) is 12.2 Å². The number of alkyl halides is 2. The summed E-state index contributed by atoms with van der Waals surface area (Å²) >= 11 is 0. The molecule has 2 fully saturated rings. The second-order valence-electron chi connectivity index (χ2n) is 11.2. The molecule has 0 bridgehead atoms. The molecule has 2 aliphatic rings. The Kier molecular flexibility index (Phi) is 9.92. The Labute approximate surface area is 221 Å². The van der Waals surface area contributed by atoms with Gasteiger partial charge in [-0.25, -0.2) is 4.39 Å². The zero-order valence-corrected chi connectivity index (χ0v) is 22.5. The SMILES string of the molecule is C/C=C/C1CCC(c2ccc(C(F)(F)OCCc3ccc(C4CCC(CCC)CC4)cc3)c(F)c2)CC1. The van der Waals surface area contributed by atoms with Crippen molar-refractivity contribution in [2.24, 2.45) is 11.8 Å². The molecule has 2 aromatic rings. The third kappa shape index (κ3) is 7.50. The predicted molar refractivity (Wildman–Crippen MR) is 146 cm³/mol. The molecule has 37 heavy (non-hydrogen) atoms. The van der Waals surface area contributed by atoms with E-state index in [9.17, 15) is 13.2 Å². The lowest BCUT2D eigenvalue weighted by Crippen LogP contribution is -2.22. The Morgan fingerprint density at radius 1 is 0.865 bits per heavy atom. The van der Waals surface area contributed by atoms with Crippen LogP contribution >= 0.6 is 0 Å². The van der Waals surface area contributed by atoms with Crippen molar-refractivity contribution < 1.29 is 17.9 Å². The number of benzene rings is 2. The summed E-state index contributed by atoms with van der Waals surface area (Å²) in [4.78, 5) is 0. The van der Waals surface area contributed by atoms with E-state index in [-0.39, 0.29) is 12.5 Å². The molecule has 4 rings (SSSR count). The van der Waals surface area contributed by atoms with E-state index in [1.54, 1.807) is 6.07 Å². The number of halogens is 3. The van der Waals surface area contributed by atoms with Gasteiger partial charge in [0.2, 0.25) is 0 Å². The maximum atomic E-state index is 14.8. The normalized spacial score (nSPS) is 25.0. The minimum atomic E-state index is -3.65. The van der Waals surface area contributed by atoms with Crippen LogP contribution in [0.5, 0.6) is 0 Å². The average molecular weight is 513 g/mol. The summed E-state index contributed by atoms with van der Waals surface area (Å²) in [7, 11) is 0. The molecule has 0 unspecified atom stereocenters. The zero-order valence-electron chi connectivity index (χ0n) is 22.5. The number of hydrogen-bond donors (Lipinski definition) is 0. The van der Waals surface area contributed by atoms with E-state index < -0.39 is 17.5 Å². The standard InChI is InChI=1S/C33H43F3O/c1-3-5-24-7-13-27(14-8-24)28-15-11-26(12-16-28)21-22-37-33(35,36)31-20-19-30(23-32(31)34)29-17-9-25(6-4-2)10-18-29/h4,6,11-12,15-16,19-20,23-25,27,29H,3,5,7-10,13-14,17-18,21-22H2,1-2H3/b6-4+. The molecule has 0 aliphatic heterocycles. The molecule has 2 aromatic carbocycles. The molecule has 0 aromatic heterocycles. The van der Waals surface area contributed by atoms with Gasteiger partial charge in [0, 0.05) is 0 Å². The molecule has 0 radical (unpaired) electrons. The average Bonchev–Trinajstić information content (AvgIpc) is 2.90. The maximum Gasteiger partial charge on any atom is 0.386 e. The highest BCUT2D eigenvalue weighted by atomic mass is 19.3. The molecular weight excluding hydrogens is 469 g/mol. The Morgan fingerprint density at radius 2 is 1.49 bits per heavy atom. The summed E-state index contributed by atoms with van der Waals surface area (Å²) in [6.45, 7) is 4.12. The van der Waals surface area contributed by atoms with Crippen molar-refractivity contribution in [3.05, 3.63) is 82.7 Å². The van der Waals surface area contributed by atoms with E-state index >= 15 is 0 Å². The summed E-state index contributed by atoms with van der Waals surface area (Å²) in [5.41, 5.74) is 2.45. The van der Waals surface area contributed by atoms with Crippen LogP contribution in [0.4, 0.5) is 13.2 Å². The van der Waals surface area contributed by atoms with Gasteiger partial charge in [-0.05, 0) is 117 Å². The van der Waals surface area contributed by atoms with Crippen LogP contribution in [0.25, 0.3) is 0 Å². The molecule has 0 N–H and O–H groups in total. The molecule has 0 saturated heterocycles. The van der Waals surface area contributed by atoms with Crippen LogP contribution in [0.15, 0.2) is 54.6 Å². The fourth-order valence-electron chi connectivity index (χ4n) is 6.46. The van der Waals surface area contributed by atoms with Gasteiger partial charge in [-0.2, -0.15) is 8.78 Å². The minimum absolute atomic E-state index is 0.162. The van der Waals surface area contributed by atoms with Crippen LogP contribution in [0.2, 0.25) is 0 Å². The van der Waals surface area contributed by atoms with Crippen molar-refractivity contribution in [3.63, 3.8) is 0 Å². The van der Waals surface area contributed by atoms with Crippen molar-refractivity contribution in [1.29, 1.82) is 0 Å². The number of hydrogen-bond acceptors (Lipinski definition) is 1. The van der Waals surface area contributed by atoms with Gasteiger partial charge in [0.1, 0.15) is 5.82 Å². The highest BCUT2D eigenvalue weighted by molar-refractivity contribution is 5.30. The topological polar surface area (TPSA) is 9.23 Å². The molecule has 0 atom stereocenters. The van der Waals surface area contributed by atoms with E-state index in [1.807, 2.05) is 19.1 Å². The monoisotopic (exact) mass is 512 g/mol. The van der Waals surface area contributed by atoms with Crippen molar-refractivity contribution in [3.8, 4) is 0 Å². The largest absolute Gasteiger partial charge is 0.386 e. The van der Waals surface area contributed by atoms with Crippen molar-refractivity contribution in [2.75, 3.05) is 6.61 Å². The lowest BCUT2D eigenvalue weighted by molar-refractivity contribution is -0.249. The molecule has 2 saturated carbocycles.